The van der Waals surface area contributed by atoms with E-state index in [0.29, 0.717) is 26.3 Å². The highest BCUT2D eigenvalue weighted by atomic mass is 16.5. The molecule has 0 spiro atoms. The smallest absolute Gasteiger partial charge is 0.245 e. The lowest BCUT2D eigenvalue weighted by molar-refractivity contribution is -0.125. The second-order valence-corrected chi connectivity index (χ2v) is 5.14. The van der Waals surface area contributed by atoms with Gasteiger partial charge in [0.05, 0.1) is 13.2 Å². The predicted molar refractivity (Wildman–Crippen MR) is 77.4 cm³/mol. The van der Waals surface area contributed by atoms with E-state index in [2.05, 4.69) is 10.3 Å². The quantitative estimate of drug-likeness (QED) is 0.826. The maximum atomic E-state index is 12.3. The van der Waals surface area contributed by atoms with E-state index in [-0.39, 0.29) is 18.0 Å². The molecule has 0 aromatic carbocycles. The number of pyridine rings is 1. The number of carbonyl (C=O) groups is 1. The van der Waals surface area contributed by atoms with Crippen LogP contribution in [0, 0.1) is 0 Å². The van der Waals surface area contributed by atoms with Crippen LogP contribution in [0.15, 0.2) is 18.3 Å². The van der Waals surface area contributed by atoms with Crippen molar-refractivity contribution in [1.29, 1.82) is 0 Å². The Balaban J connectivity index is 2.24. The molecule has 3 N–H and O–H groups in total. The highest BCUT2D eigenvalue weighted by Crippen LogP contribution is 2.21. The Morgan fingerprint density at radius 2 is 2.45 bits per heavy atom. The van der Waals surface area contributed by atoms with Crippen molar-refractivity contribution in [3.63, 3.8) is 0 Å². The van der Waals surface area contributed by atoms with Gasteiger partial charge in [-0.3, -0.25) is 4.79 Å². The zero-order valence-electron chi connectivity index (χ0n) is 12.0. The largest absolute Gasteiger partial charge is 0.377 e. The molecule has 110 valence electrons. The number of anilines is 1. The average molecular weight is 278 g/mol. The van der Waals surface area contributed by atoms with Crippen LogP contribution >= 0.6 is 0 Å². The van der Waals surface area contributed by atoms with E-state index in [4.69, 9.17) is 10.5 Å². The van der Waals surface area contributed by atoms with E-state index in [1.54, 1.807) is 6.20 Å². The van der Waals surface area contributed by atoms with Gasteiger partial charge in [0.15, 0.2) is 0 Å². The Kier molecular flexibility index (Phi) is 4.92. The van der Waals surface area contributed by atoms with Crippen LogP contribution in [0.2, 0.25) is 0 Å². The summed E-state index contributed by atoms with van der Waals surface area (Å²) in [7, 11) is 0. The lowest BCUT2D eigenvalue weighted by Crippen LogP contribution is -2.55. The highest BCUT2D eigenvalue weighted by molar-refractivity contribution is 5.85. The van der Waals surface area contributed by atoms with E-state index < -0.39 is 0 Å². The molecule has 0 radical (unpaired) electrons. The third kappa shape index (κ3) is 3.26. The van der Waals surface area contributed by atoms with Gasteiger partial charge in [-0.25, -0.2) is 4.98 Å². The molecule has 20 heavy (non-hydrogen) atoms. The summed E-state index contributed by atoms with van der Waals surface area (Å²) in [5.41, 5.74) is 6.70. The van der Waals surface area contributed by atoms with Gasteiger partial charge in [-0.2, -0.15) is 0 Å². The molecular weight excluding hydrogens is 256 g/mol. The summed E-state index contributed by atoms with van der Waals surface area (Å²) in [6.45, 7) is 5.89. The van der Waals surface area contributed by atoms with Crippen LogP contribution in [-0.4, -0.2) is 42.7 Å². The van der Waals surface area contributed by atoms with Gasteiger partial charge < -0.3 is 20.7 Å². The first-order valence-corrected chi connectivity index (χ1v) is 6.92. The van der Waals surface area contributed by atoms with Crippen LogP contribution in [0.25, 0.3) is 0 Å². The summed E-state index contributed by atoms with van der Waals surface area (Å²) < 4.78 is 5.45. The normalized spacial score (nSPS) is 19.2. The number of nitrogens with zero attached hydrogens (tertiary/aromatic N) is 2. The fourth-order valence-corrected chi connectivity index (χ4v) is 2.30. The number of hydrogen-bond acceptors (Lipinski definition) is 5. The van der Waals surface area contributed by atoms with Crippen molar-refractivity contribution in [3.05, 3.63) is 23.9 Å². The van der Waals surface area contributed by atoms with E-state index in [1.807, 2.05) is 30.9 Å². The zero-order valence-corrected chi connectivity index (χ0v) is 12.0. The molecule has 1 saturated heterocycles. The van der Waals surface area contributed by atoms with Crippen molar-refractivity contribution in [2.45, 2.75) is 32.5 Å². The van der Waals surface area contributed by atoms with Crippen molar-refractivity contribution in [2.24, 2.45) is 5.73 Å². The molecule has 0 aliphatic carbocycles. The molecule has 6 nitrogen and oxygen atoms in total. The molecule has 1 fully saturated rings. The average Bonchev–Trinajstić information content (AvgIpc) is 2.46. The summed E-state index contributed by atoms with van der Waals surface area (Å²) in [5, 5.41) is 2.93. The topological polar surface area (TPSA) is 80.5 Å². The Morgan fingerprint density at radius 1 is 1.65 bits per heavy atom. The number of morpholine rings is 1. The summed E-state index contributed by atoms with van der Waals surface area (Å²) in [6, 6.07) is 3.54. The highest BCUT2D eigenvalue weighted by Gasteiger charge is 2.31. The Labute approximate surface area is 119 Å². The summed E-state index contributed by atoms with van der Waals surface area (Å²) >= 11 is 0. The summed E-state index contributed by atoms with van der Waals surface area (Å²) in [4.78, 5) is 18.7. The van der Waals surface area contributed by atoms with Crippen molar-refractivity contribution >= 4 is 11.7 Å². The van der Waals surface area contributed by atoms with Gasteiger partial charge >= 0.3 is 0 Å². The maximum absolute atomic E-state index is 12.3. The SMILES string of the molecule is CC(C)NC(=O)C1COCCN1c1ncccc1CN. The van der Waals surface area contributed by atoms with Crippen molar-refractivity contribution in [3.8, 4) is 0 Å². The molecule has 1 aromatic rings. The maximum Gasteiger partial charge on any atom is 0.245 e. The molecule has 1 amide bonds. The van der Waals surface area contributed by atoms with Gasteiger partial charge in [-0.1, -0.05) is 6.07 Å². The minimum atomic E-state index is -0.355. The van der Waals surface area contributed by atoms with Crippen molar-refractivity contribution < 1.29 is 9.53 Å². The number of amides is 1. The third-order valence-corrected chi connectivity index (χ3v) is 3.22. The molecule has 0 bridgehead atoms. The third-order valence-electron chi connectivity index (χ3n) is 3.22. The fourth-order valence-electron chi connectivity index (χ4n) is 2.30. The van der Waals surface area contributed by atoms with Crippen LogP contribution in [0.4, 0.5) is 5.82 Å². The Hall–Kier alpha value is -1.66. The van der Waals surface area contributed by atoms with Crippen LogP contribution in [0.3, 0.4) is 0 Å². The number of carbonyl (C=O) groups excluding carboxylic acids is 1. The fraction of sp³-hybridized carbons (Fsp3) is 0.571. The molecule has 6 heteroatoms. The first kappa shape index (κ1) is 14.7. The molecule has 0 saturated carbocycles. The molecule has 1 aromatic heterocycles. The van der Waals surface area contributed by atoms with E-state index in [1.165, 1.54) is 0 Å². The van der Waals surface area contributed by atoms with Crippen LogP contribution in [0.1, 0.15) is 19.4 Å². The molecule has 2 heterocycles. The number of hydrogen-bond donors (Lipinski definition) is 2. The van der Waals surface area contributed by atoms with Gasteiger partial charge in [0.1, 0.15) is 11.9 Å². The van der Waals surface area contributed by atoms with Crippen molar-refractivity contribution in [1.82, 2.24) is 10.3 Å². The monoisotopic (exact) mass is 278 g/mol. The van der Waals surface area contributed by atoms with Gasteiger partial charge in [0.25, 0.3) is 0 Å². The summed E-state index contributed by atoms with van der Waals surface area (Å²) in [5.74, 6) is 0.746. The molecule has 2 rings (SSSR count). The van der Waals surface area contributed by atoms with E-state index in [9.17, 15) is 4.79 Å². The van der Waals surface area contributed by atoms with Crippen molar-refractivity contribution in [2.75, 3.05) is 24.7 Å². The number of nitrogens with two attached hydrogens (primary N) is 1. The lowest BCUT2D eigenvalue weighted by Gasteiger charge is -2.36. The molecule has 1 atom stereocenters. The molecule has 1 aliphatic rings. The molecule has 1 unspecified atom stereocenters. The van der Waals surface area contributed by atoms with Gasteiger partial charge in [-0.15, -0.1) is 0 Å². The Morgan fingerprint density at radius 3 is 3.15 bits per heavy atom. The van der Waals surface area contributed by atoms with Gasteiger partial charge in [0.2, 0.25) is 5.91 Å². The second-order valence-electron chi connectivity index (χ2n) is 5.14. The second kappa shape index (κ2) is 6.67. The minimum absolute atomic E-state index is 0.0340. The Bertz CT molecular complexity index is 464. The van der Waals surface area contributed by atoms with Crippen LogP contribution in [0.5, 0.6) is 0 Å². The zero-order chi connectivity index (χ0) is 14.5. The van der Waals surface area contributed by atoms with Crippen LogP contribution < -0.4 is 16.0 Å². The van der Waals surface area contributed by atoms with Gasteiger partial charge in [0, 0.05) is 30.9 Å². The van der Waals surface area contributed by atoms with E-state index in [0.717, 1.165) is 11.4 Å². The predicted octanol–water partition coefficient (Wildman–Crippen LogP) is 0.270. The number of ether oxygens (including phenoxy) is 1. The lowest BCUT2D eigenvalue weighted by atomic mass is 10.1. The van der Waals surface area contributed by atoms with Crippen LogP contribution in [-0.2, 0) is 16.1 Å². The first-order valence-electron chi connectivity index (χ1n) is 6.92. The van der Waals surface area contributed by atoms with Gasteiger partial charge in [-0.05, 0) is 19.9 Å². The minimum Gasteiger partial charge on any atom is -0.377 e. The molecule has 1 aliphatic heterocycles. The standard InChI is InChI=1S/C14H22N4O2/c1-10(2)17-14(19)12-9-20-7-6-18(12)13-11(8-15)4-3-5-16-13/h3-5,10,12H,6-9,15H2,1-2H3,(H,17,19). The van der Waals surface area contributed by atoms with E-state index >= 15 is 0 Å². The number of aromatic nitrogens is 1. The molecular formula is C14H22N4O2. The number of rotatable bonds is 4. The number of nitrogens with one attached hydrogen (secondary N) is 1. The first-order chi connectivity index (χ1) is 9.63. The summed E-state index contributed by atoms with van der Waals surface area (Å²) in [6.07, 6.45) is 1.72.